The number of carbonyl (C=O) groups excluding carboxylic acids is 1. The molecule has 0 saturated heterocycles. The fourth-order valence-electron chi connectivity index (χ4n) is 1.07. The van der Waals surface area contributed by atoms with Crippen LogP contribution in [-0.4, -0.2) is 25.8 Å². The largest absolute Gasteiger partial charge is 0.308 e. The van der Waals surface area contributed by atoms with Crippen LogP contribution in [0.5, 0.6) is 0 Å². The third kappa shape index (κ3) is 1.33. The Hall–Kier alpha value is -1.30. The molecule has 0 amide bonds. The van der Waals surface area contributed by atoms with Crippen molar-refractivity contribution < 1.29 is 4.79 Å². The van der Waals surface area contributed by atoms with Gasteiger partial charge in [0.05, 0.1) is 12.9 Å². The van der Waals surface area contributed by atoms with E-state index in [1.165, 1.54) is 6.33 Å². The molecule has 2 rings (SSSR count). The fourth-order valence-corrected chi connectivity index (χ4v) is 1.44. The summed E-state index contributed by atoms with van der Waals surface area (Å²) < 4.78 is 2.30. The second-order valence-electron chi connectivity index (χ2n) is 2.40. The van der Waals surface area contributed by atoms with Gasteiger partial charge in [-0.3, -0.25) is 0 Å². The minimum absolute atomic E-state index is 0.264. The van der Waals surface area contributed by atoms with Crippen LogP contribution in [0.15, 0.2) is 17.3 Å². The highest BCUT2D eigenvalue weighted by molar-refractivity contribution is 9.10. The molecule has 5 nitrogen and oxygen atoms in total. The lowest BCUT2D eigenvalue weighted by atomic mass is 10.5. The maximum Gasteiger partial charge on any atom is 0.164 e. The molecule has 13 heavy (non-hydrogen) atoms. The molecule has 0 spiro atoms. The lowest BCUT2D eigenvalue weighted by Gasteiger charge is -1.95. The number of nitrogens with zero attached hydrogens (tertiary/aromatic N) is 4. The first-order valence-electron chi connectivity index (χ1n) is 3.58. The molecule has 0 bridgehead atoms. The second kappa shape index (κ2) is 3.21. The Labute approximate surface area is 82.0 Å². The van der Waals surface area contributed by atoms with Gasteiger partial charge >= 0.3 is 0 Å². The van der Waals surface area contributed by atoms with E-state index in [1.807, 2.05) is 0 Å². The summed E-state index contributed by atoms with van der Waals surface area (Å²) in [7, 11) is 0. The van der Waals surface area contributed by atoms with E-state index in [0.717, 1.165) is 6.29 Å². The quantitative estimate of drug-likeness (QED) is 0.576. The van der Waals surface area contributed by atoms with Crippen LogP contribution in [0, 0.1) is 0 Å². The van der Waals surface area contributed by atoms with Gasteiger partial charge in [-0.2, -0.15) is 0 Å². The van der Waals surface area contributed by atoms with E-state index in [1.54, 1.807) is 10.9 Å². The first-order valence-corrected chi connectivity index (χ1v) is 4.37. The van der Waals surface area contributed by atoms with Crippen LogP contribution in [-0.2, 0) is 11.3 Å². The number of aldehydes is 1. The van der Waals surface area contributed by atoms with E-state index in [0.29, 0.717) is 15.8 Å². The lowest BCUT2D eigenvalue weighted by Crippen LogP contribution is -1.98. The highest BCUT2D eigenvalue weighted by Crippen LogP contribution is 2.16. The van der Waals surface area contributed by atoms with Gasteiger partial charge in [0.1, 0.15) is 22.7 Å². The maximum absolute atomic E-state index is 10.3. The Kier molecular flexibility index (Phi) is 2.05. The Morgan fingerprint density at radius 3 is 3.08 bits per heavy atom. The van der Waals surface area contributed by atoms with Crippen LogP contribution in [0.1, 0.15) is 0 Å². The summed E-state index contributed by atoms with van der Waals surface area (Å²) in [6, 6.07) is 0. The number of aromatic nitrogens is 4. The molecule has 0 aliphatic rings. The van der Waals surface area contributed by atoms with E-state index in [9.17, 15) is 4.79 Å². The molecular formula is C7H5BrN4O. The molecular weight excluding hydrogens is 236 g/mol. The summed E-state index contributed by atoms with van der Waals surface area (Å²) in [4.78, 5) is 22.3. The van der Waals surface area contributed by atoms with Crippen LogP contribution in [0.4, 0.5) is 0 Å². The number of hydrogen-bond acceptors (Lipinski definition) is 4. The predicted molar refractivity (Wildman–Crippen MR) is 49.1 cm³/mol. The van der Waals surface area contributed by atoms with E-state index < -0.39 is 0 Å². The topological polar surface area (TPSA) is 60.7 Å². The van der Waals surface area contributed by atoms with Crippen LogP contribution in [0.3, 0.4) is 0 Å². The summed E-state index contributed by atoms with van der Waals surface area (Å²) in [6.07, 6.45) is 3.80. The van der Waals surface area contributed by atoms with Crippen molar-refractivity contribution in [3.05, 3.63) is 17.3 Å². The third-order valence-corrected chi connectivity index (χ3v) is 2.21. The van der Waals surface area contributed by atoms with Crippen molar-refractivity contribution in [1.29, 1.82) is 0 Å². The summed E-state index contributed by atoms with van der Waals surface area (Å²) in [5.41, 5.74) is 1.33. The van der Waals surface area contributed by atoms with Crippen molar-refractivity contribution in [1.82, 2.24) is 19.5 Å². The minimum Gasteiger partial charge on any atom is -0.308 e. The van der Waals surface area contributed by atoms with Gasteiger partial charge in [0.15, 0.2) is 5.65 Å². The number of hydrogen-bond donors (Lipinski definition) is 0. The van der Waals surface area contributed by atoms with Crippen LogP contribution < -0.4 is 0 Å². The van der Waals surface area contributed by atoms with Gasteiger partial charge in [-0.05, 0) is 15.9 Å². The van der Waals surface area contributed by atoms with Gasteiger partial charge in [-0.25, -0.2) is 15.0 Å². The second-order valence-corrected chi connectivity index (χ2v) is 3.15. The molecule has 0 atom stereocenters. The predicted octanol–water partition coefficient (Wildman–Crippen LogP) is 0.788. The van der Waals surface area contributed by atoms with Gasteiger partial charge in [-0.15, -0.1) is 0 Å². The van der Waals surface area contributed by atoms with E-state index in [2.05, 4.69) is 30.9 Å². The number of imidazole rings is 1. The smallest absolute Gasteiger partial charge is 0.164 e. The normalized spacial score (nSPS) is 10.5. The zero-order chi connectivity index (χ0) is 9.26. The van der Waals surface area contributed by atoms with Gasteiger partial charge in [0, 0.05) is 0 Å². The molecule has 0 aliphatic heterocycles. The number of carbonyl (C=O) groups is 1. The molecule has 66 valence electrons. The van der Waals surface area contributed by atoms with Gasteiger partial charge in [0.25, 0.3) is 0 Å². The fraction of sp³-hybridized carbons (Fsp3) is 0.143. The molecule has 0 saturated carbocycles. The molecule has 2 aromatic heterocycles. The molecule has 0 aromatic carbocycles. The molecule has 0 N–H and O–H groups in total. The van der Waals surface area contributed by atoms with Gasteiger partial charge in [-0.1, -0.05) is 0 Å². The third-order valence-electron chi connectivity index (χ3n) is 1.63. The first kappa shape index (κ1) is 8.31. The molecule has 2 heterocycles. The highest BCUT2D eigenvalue weighted by Gasteiger charge is 2.06. The average molecular weight is 241 g/mol. The lowest BCUT2D eigenvalue weighted by molar-refractivity contribution is -0.108. The van der Waals surface area contributed by atoms with Crippen LogP contribution in [0.2, 0.25) is 0 Å². The van der Waals surface area contributed by atoms with Crippen LogP contribution in [0.25, 0.3) is 11.2 Å². The van der Waals surface area contributed by atoms with E-state index in [4.69, 9.17) is 0 Å². The zero-order valence-corrected chi connectivity index (χ0v) is 8.10. The Morgan fingerprint density at radius 2 is 2.31 bits per heavy atom. The number of rotatable bonds is 2. The van der Waals surface area contributed by atoms with Crippen molar-refractivity contribution in [3.8, 4) is 0 Å². The van der Waals surface area contributed by atoms with Crippen molar-refractivity contribution >= 4 is 33.4 Å². The zero-order valence-electron chi connectivity index (χ0n) is 6.51. The molecule has 0 unspecified atom stereocenters. The average Bonchev–Trinajstić information content (AvgIpc) is 2.51. The first-order chi connectivity index (χ1) is 6.33. The van der Waals surface area contributed by atoms with E-state index in [-0.39, 0.29) is 6.54 Å². The molecule has 6 heteroatoms. The van der Waals surface area contributed by atoms with Crippen LogP contribution >= 0.6 is 15.9 Å². The van der Waals surface area contributed by atoms with Crippen molar-refractivity contribution in [3.63, 3.8) is 0 Å². The molecule has 0 radical (unpaired) electrons. The SMILES string of the molecule is O=CCn1cnc2c(Br)ncnc21. The standard InChI is InChI=1S/C7H5BrN4O/c8-6-5-7(10-3-9-6)12(1-2-13)4-11-5/h2-4H,1H2. The maximum atomic E-state index is 10.3. The molecule has 0 aliphatic carbocycles. The Balaban J connectivity index is 2.67. The summed E-state index contributed by atoms with van der Waals surface area (Å²) in [5.74, 6) is 0. The van der Waals surface area contributed by atoms with Gasteiger partial charge < -0.3 is 9.36 Å². The summed E-state index contributed by atoms with van der Waals surface area (Å²) in [5, 5.41) is 0. The Bertz CT molecular complexity index is 453. The Morgan fingerprint density at radius 1 is 1.46 bits per heavy atom. The molecule has 0 fully saturated rings. The minimum atomic E-state index is 0.264. The van der Waals surface area contributed by atoms with Gasteiger partial charge in [0.2, 0.25) is 0 Å². The van der Waals surface area contributed by atoms with E-state index >= 15 is 0 Å². The summed E-state index contributed by atoms with van der Waals surface area (Å²) in [6.45, 7) is 0.264. The highest BCUT2D eigenvalue weighted by atomic mass is 79.9. The van der Waals surface area contributed by atoms with Crippen molar-refractivity contribution in [2.45, 2.75) is 6.54 Å². The monoisotopic (exact) mass is 240 g/mol. The summed E-state index contributed by atoms with van der Waals surface area (Å²) >= 11 is 3.25. The number of fused-ring (bicyclic) bond motifs is 1. The van der Waals surface area contributed by atoms with Crippen molar-refractivity contribution in [2.24, 2.45) is 0 Å². The number of halogens is 1. The molecule has 2 aromatic rings. The van der Waals surface area contributed by atoms with Crippen molar-refractivity contribution in [2.75, 3.05) is 0 Å².